The average molecular weight is 234 g/mol. The van der Waals surface area contributed by atoms with Crippen LogP contribution in [0.5, 0.6) is 0 Å². The molecule has 0 aliphatic heterocycles. The number of aryl methyl sites for hydroxylation is 1. The molecule has 0 spiro atoms. The molecule has 0 heterocycles. The van der Waals surface area contributed by atoms with Gasteiger partial charge in [0.25, 0.3) is 5.91 Å². The van der Waals surface area contributed by atoms with Crippen LogP contribution in [0.3, 0.4) is 0 Å². The zero-order chi connectivity index (χ0) is 13.0. The summed E-state index contributed by atoms with van der Waals surface area (Å²) < 4.78 is 0. The number of hydrogen-bond acceptors (Lipinski definition) is 2. The highest BCUT2D eigenvalue weighted by molar-refractivity contribution is 5.95. The van der Waals surface area contributed by atoms with Gasteiger partial charge in [0.1, 0.15) is 0 Å². The summed E-state index contributed by atoms with van der Waals surface area (Å²) in [5, 5.41) is 0. The van der Waals surface area contributed by atoms with Gasteiger partial charge in [-0.3, -0.25) is 4.79 Å². The fraction of sp³-hybridized carbons (Fsp3) is 0.500. The number of carbonyl (C=O) groups excluding carboxylic acids is 1. The van der Waals surface area contributed by atoms with Crippen LogP contribution in [0.15, 0.2) is 18.2 Å². The van der Waals surface area contributed by atoms with E-state index >= 15 is 0 Å². The summed E-state index contributed by atoms with van der Waals surface area (Å²) in [6.45, 7) is 6.64. The smallest absolute Gasteiger partial charge is 0.254 e. The van der Waals surface area contributed by atoms with E-state index in [9.17, 15) is 4.79 Å². The first-order chi connectivity index (χ1) is 7.99. The molecule has 0 bridgehead atoms. The molecular formula is C14H22N2O. The minimum atomic E-state index is 0.0761. The van der Waals surface area contributed by atoms with Crippen molar-refractivity contribution in [3.05, 3.63) is 34.9 Å². The van der Waals surface area contributed by atoms with E-state index in [1.165, 1.54) is 0 Å². The summed E-state index contributed by atoms with van der Waals surface area (Å²) in [6, 6.07) is 6.01. The molecule has 1 unspecified atom stereocenters. The molecule has 3 heteroatoms. The molecule has 1 atom stereocenters. The Morgan fingerprint density at radius 1 is 1.41 bits per heavy atom. The minimum absolute atomic E-state index is 0.0761. The summed E-state index contributed by atoms with van der Waals surface area (Å²) >= 11 is 0. The Labute approximate surface area is 104 Å². The number of carbonyl (C=O) groups is 1. The number of nitrogens with two attached hydrogens (primary N) is 1. The summed E-state index contributed by atoms with van der Waals surface area (Å²) in [4.78, 5) is 14.1. The monoisotopic (exact) mass is 234 g/mol. The van der Waals surface area contributed by atoms with Gasteiger partial charge in [0, 0.05) is 18.7 Å². The average Bonchev–Trinajstić information content (AvgIpc) is 2.31. The van der Waals surface area contributed by atoms with Gasteiger partial charge in [-0.15, -0.1) is 0 Å². The highest BCUT2D eigenvalue weighted by Crippen LogP contribution is 2.16. The first-order valence-corrected chi connectivity index (χ1v) is 6.02. The van der Waals surface area contributed by atoms with Crippen molar-refractivity contribution in [1.82, 2.24) is 4.90 Å². The molecule has 0 aromatic heterocycles. The van der Waals surface area contributed by atoms with Gasteiger partial charge in [-0.05, 0) is 50.9 Å². The molecular weight excluding hydrogens is 212 g/mol. The van der Waals surface area contributed by atoms with Crippen molar-refractivity contribution in [2.45, 2.75) is 33.2 Å². The van der Waals surface area contributed by atoms with E-state index in [2.05, 4.69) is 0 Å². The van der Waals surface area contributed by atoms with Crippen LogP contribution in [-0.4, -0.2) is 30.4 Å². The normalized spacial score (nSPS) is 12.3. The van der Waals surface area contributed by atoms with Crippen LogP contribution >= 0.6 is 0 Å². The largest absolute Gasteiger partial charge is 0.339 e. The Morgan fingerprint density at radius 2 is 2.06 bits per heavy atom. The molecule has 0 radical (unpaired) electrons. The summed E-state index contributed by atoms with van der Waals surface area (Å²) in [6.07, 6.45) is 0.826. The fourth-order valence-electron chi connectivity index (χ4n) is 1.81. The third-order valence-corrected chi connectivity index (χ3v) is 3.40. The lowest BCUT2D eigenvalue weighted by Crippen LogP contribution is -2.36. The maximum absolute atomic E-state index is 12.3. The molecule has 2 N–H and O–H groups in total. The molecule has 1 rings (SSSR count). The van der Waals surface area contributed by atoms with Crippen molar-refractivity contribution in [1.29, 1.82) is 0 Å². The lowest BCUT2D eigenvalue weighted by Gasteiger charge is -2.25. The predicted molar refractivity (Wildman–Crippen MR) is 71.1 cm³/mol. The van der Waals surface area contributed by atoms with Gasteiger partial charge in [0.2, 0.25) is 0 Å². The molecule has 3 nitrogen and oxygen atoms in total. The van der Waals surface area contributed by atoms with E-state index in [-0.39, 0.29) is 11.9 Å². The van der Waals surface area contributed by atoms with Gasteiger partial charge >= 0.3 is 0 Å². The van der Waals surface area contributed by atoms with Crippen LogP contribution in [-0.2, 0) is 0 Å². The molecule has 0 fully saturated rings. The van der Waals surface area contributed by atoms with Crippen molar-refractivity contribution in [2.75, 3.05) is 13.6 Å². The lowest BCUT2D eigenvalue weighted by atomic mass is 10.0. The van der Waals surface area contributed by atoms with Crippen LogP contribution in [0.1, 0.15) is 34.8 Å². The van der Waals surface area contributed by atoms with Gasteiger partial charge in [-0.25, -0.2) is 0 Å². The van der Waals surface area contributed by atoms with Crippen molar-refractivity contribution in [3.63, 3.8) is 0 Å². The first kappa shape index (κ1) is 13.7. The second kappa shape index (κ2) is 5.82. The molecule has 1 amide bonds. The molecule has 1 aromatic rings. The predicted octanol–water partition coefficient (Wildman–Crippen LogP) is 2.11. The van der Waals surface area contributed by atoms with Crippen LogP contribution in [0.4, 0.5) is 0 Å². The fourth-order valence-corrected chi connectivity index (χ4v) is 1.81. The second-order valence-electron chi connectivity index (χ2n) is 4.59. The number of amides is 1. The quantitative estimate of drug-likeness (QED) is 0.867. The van der Waals surface area contributed by atoms with Crippen LogP contribution in [0.2, 0.25) is 0 Å². The van der Waals surface area contributed by atoms with Gasteiger partial charge in [0.15, 0.2) is 0 Å². The Bertz CT molecular complexity index is 401. The number of hydrogen-bond donors (Lipinski definition) is 1. The van der Waals surface area contributed by atoms with Crippen molar-refractivity contribution in [3.8, 4) is 0 Å². The summed E-state index contributed by atoms with van der Waals surface area (Å²) in [5.41, 5.74) is 8.52. The third kappa shape index (κ3) is 3.07. The first-order valence-electron chi connectivity index (χ1n) is 6.02. The van der Waals surface area contributed by atoms with Crippen LogP contribution in [0, 0.1) is 13.8 Å². The molecule has 0 aliphatic carbocycles. The Morgan fingerprint density at radius 3 is 2.65 bits per heavy atom. The van der Waals surface area contributed by atoms with E-state index in [1.54, 1.807) is 4.90 Å². The van der Waals surface area contributed by atoms with Crippen LogP contribution < -0.4 is 5.73 Å². The van der Waals surface area contributed by atoms with Gasteiger partial charge in [0.05, 0.1) is 0 Å². The van der Waals surface area contributed by atoms with E-state index in [4.69, 9.17) is 5.73 Å². The topological polar surface area (TPSA) is 46.3 Å². The maximum Gasteiger partial charge on any atom is 0.254 e. The summed E-state index contributed by atoms with van der Waals surface area (Å²) in [5.74, 6) is 0.0761. The molecule has 1 aromatic carbocycles. The SMILES string of the molecule is Cc1cccc(C(=O)N(C)C(C)CCN)c1C. The zero-order valence-corrected chi connectivity index (χ0v) is 11.2. The van der Waals surface area contributed by atoms with Crippen molar-refractivity contribution in [2.24, 2.45) is 5.73 Å². The number of benzene rings is 1. The standard InChI is InChI=1S/C14H22N2O/c1-10-6-5-7-13(12(10)3)14(17)16(4)11(2)8-9-15/h5-7,11H,8-9,15H2,1-4H3. The molecule has 17 heavy (non-hydrogen) atoms. The van der Waals surface area contributed by atoms with Gasteiger partial charge < -0.3 is 10.6 Å². The zero-order valence-electron chi connectivity index (χ0n) is 11.2. The number of nitrogens with zero attached hydrogens (tertiary/aromatic N) is 1. The highest BCUT2D eigenvalue weighted by Gasteiger charge is 2.18. The van der Waals surface area contributed by atoms with E-state index in [0.29, 0.717) is 6.54 Å². The summed E-state index contributed by atoms with van der Waals surface area (Å²) in [7, 11) is 1.84. The van der Waals surface area contributed by atoms with E-state index in [0.717, 1.165) is 23.1 Å². The Kier molecular flexibility index (Phi) is 4.70. The Balaban J connectivity index is 2.93. The maximum atomic E-state index is 12.3. The van der Waals surface area contributed by atoms with E-state index < -0.39 is 0 Å². The van der Waals surface area contributed by atoms with Gasteiger partial charge in [-0.2, -0.15) is 0 Å². The molecule has 94 valence electrons. The van der Waals surface area contributed by atoms with Crippen molar-refractivity contribution >= 4 is 5.91 Å². The van der Waals surface area contributed by atoms with Crippen LogP contribution in [0.25, 0.3) is 0 Å². The molecule has 0 aliphatic rings. The third-order valence-electron chi connectivity index (χ3n) is 3.40. The van der Waals surface area contributed by atoms with Gasteiger partial charge in [-0.1, -0.05) is 12.1 Å². The van der Waals surface area contributed by atoms with E-state index in [1.807, 2.05) is 46.0 Å². The second-order valence-corrected chi connectivity index (χ2v) is 4.59. The molecule has 0 saturated carbocycles. The highest BCUT2D eigenvalue weighted by atomic mass is 16.2. The minimum Gasteiger partial charge on any atom is -0.339 e. The molecule has 0 saturated heterocycles. The lowest BCUT2D eigenvalue weighted by molar-refractivity contribution is 0.0738. The number of rotatable bonds is 4. The Hall–Kier alpha value is -1.35. The van der Waals surface area contributed by atoms with Crippen molar-refractivity contribution < 1.29 is 4.79 Å².